The number of methoxy groups -OCH3 is 1. The molecule has 0 amide bonds. The van der Waals surface area contributed by atoms with E-state index in [1.807, 2.05) is 43.6 Å². The number of nitrogens with zero attached hydrogens (tertiary/aromatic N) is 2. The zero-order chi connectivity index (χ0) is 11.3. The molecule has 0 saturated carbocycles. The van der Waals surface area contributed by atoms with Crippen molar-refractivity contribution in [3.8, 4) is 0 Å². The lowest BCUT2D eigenvalue weighted by atomic mass is 10.2. The lowest BCUT2D eigenvalue weighted by molar-refractivity contribution is 0.185. The maximum absolute atomic E-state index is 5.10. The van der Waals surface area contributed by atoms with Crippen LogP contribution in [0.3, 0.4) is 0 Å². The summed E-state index contributed by atoms with van der Waals surface area (Å²) in [6, 6.07) is 6.13. The smallest absolute Gasteiger partial charge is 0.0734 e. The second kappa shape index (κ2) is 5.51. The van der Waals surface area contributed by atoms with Gasteiger partial charge in [-0.25, -0.2) is 4.52 Å². The van der Waals surface area contributed by atoms with Crippen molar-refractivity contribution in [1.82, 2.24) is 9.61 Å². The molecule has 3 heteroatoms. The van der Waals surface area contributed by atoms with E-state index >= 15 is 0 Å². The van der Waals surface area contributed by atoms with E-state index in [2.05, 4.69) is 11.2 Å². The van der Waals surface area contributed by atoms with Gasteiger partial charge in [-0.2, -0.15) is 5.10 Å². The van der Waals surface area contributed by atoms with Crippen LogP contribution in [0, 0.1) is 6.92 Å². The molecule has 0 aliphatic rings. The molecule has 0 atom stereocenters. The van der Waals surface area contributed by atoms with Gasteiger partial charge >= 0.3 is 0 Å². The third-order valence-corrected chi connectivity index (χ3v) is 2.13. The van der Waals surface area contributed by atoms with Gasteiger partial charge in [-0.05, 0) is 19.1 Å². The zero-order valence-electron chi connectivity index (χ0n) is 9.82. The molecule has 0 fully saturated rings. The van der Waals surface area contributed by atoms with E-state index in [9.17, 15) is 0 Å². The number of hydrogen-bond acceptors (Lipinski definition) is 2. The predicted octanol–water partition coefficient (Wildman–Crippen LogP) is 2.82. The Kier molecular flexibility index (Phi) is 4.31. The van der Waals surface area contributed by atoms with Crippen molar-refractivity contribution in [2.45, 2.75) is 27.4 Å². The molecule has 0 N–H and O–H groups in total. The van der Waals surface area contributed by atoms with Crippen molar-refractivity contribution < 1.29 is 4.74 Å². The third-order valence-electron chi connectivity index (χ3n) is 2.13. The van der Waals surface area contributed by atoms with Crippen molar-refractivity contribution in [1.29, 1.82) is 0 Å². The Labute approximate surface area is 90.7 Å². The summed E-state index contributed by atoms with van der Waals surface area (Å²) < 4.78 is 7.03. The predicted molar refractivity (Wildman–Crippen MR) is 62.0 cm³/mol. The first-order valence-electron chi connectivity index (χ1n) is 5.24. The number of fused-ring (bicyclic) bond motifs is 1. The summed E-state index contributed by atoms with van der Waals surface area (Å²) >= 11 is 0. The SMILES string of the molecule is CC.COCc1ccc(C)n2nccc12. The number of pyridine rings is 1. The van der Waals surface area contributed by atoms with Crippen LogP contribution in [0.5, 0.6) is 0 Å². The van der Waals surface area contributed by atoms with Crippen LogP contribution in [0.4, 0.5) is 0 Å². The molecule has 3 nitrogen and oxygen atoms in total. The first kappa shape index (κ1) is 11.7. The van der Waals surface area contributed by atoms with Crippen LogP contribution >= 0.6 is 0 Å². The average Bonchev–Trinajstić information content (AvgIpc) is 2.75. The van der Waals surface area contributed by atoms with Crippen molar-refractivity contribution in [2.75, 3.05) is 7.11 Å². The molecule has 0 saturated heterocycles. The Bertz CT molecular complexity index is 420. The quantitative estimate of drug-likeness (QED) is 0.755. The highest BCUT2D eigenvalue weighted by Crippen LogP contribution is 2.13. The number of rotatable bonds is 2. The van der Waals surface area contributed by atoms with Gasteiger partial charge in [0.25, 0.3) is 0 Å². The van der Waals surface area contributed by atoms with Crippen LogP contribution in [0.15, 0.2) is 24.4 Å². The maximum atomic E-state index is 5.10. The summed E-state index contributed by atoms with van der Waals surface area (Å²) in [5, 5.41) is 4.22. The summed E-state index contributed by atoms with van der Waals surface area (Å²) in [5.74, 6) is 0. The maximum Gasteiger partial charge on any atom is 0.0734 e. The minimum absolute atomic E-state index is 0.634. The second-order valence-corrected chi connectivity index (χ2v) is 3.06. The Hall–Kier alpha value is -1.35. The Morgan fingerprint density at radius 1 is 1.27 bits per heavy atom. The molecule has 2 aromatic rings. The molecule has 2 rings (SSSR count). The van der Waals surface area contributed by atoms with E-state index in [1.165, 1.54) is 5.56 Å². The van der Waals surface area contributed by atoms with Gasteiger partial charge in [0.05, 0.1) is 12.1 Å². The number of aromatic nitrogens is 2. The third kappa shape index (κ3) is 2.36. The fraction of sp³-hybridized carbons (Fsp3) is 0.417. The van der Waals surface area contributed by atoms with Crippen molar-refractivity contribution in [3.05, 3.63) is 35.7 Å². The molecular formula is C12H18N2O. The summed E-state index contributed by atoms with van der Waals surface area (Å²) in [6.45, 7) is 6.67. The minimum atomic E-state index is 0.634. The molecule has 0 spiro atoms. The van der Waals surface area contributed by atoms with Crippen LogP contribution in [0.2, 0.25) is 0 Å². The monoisotopic (exact) mass is 206 g/mol. The van der Waals surface area contributed by atoms with E-state index < -0.39 is 0 Å². The normalized spacial score (nSPS) is 9.87. The molecule has 0 aliphatic carbocycles. The van der Waals surface area contributed by atoms with E-state index in [4.69, 9.17) is 4.74 Å². The molecule has 15 heavy (non-hydrogen) atoms. The fourth-order valence-corrected chi connectivity index (χ4v) is 1.48. The van der Waals surface area contributed by atoms with Crippen LogP contribution in [0.25, 0.3) is 5.52 Å². The molecule has 0 bridgehead atoms. The van der Waals surface area contributed by atoms with E-state index in [-0.39, 0.29) is 0 Å². The van der Waals surface area contributed by atoms with Crippen LogP contribution < -0.4 is 0 Å². The number of ether oxygens (including phenoxy) is 1. The second-order valence-electron chi connectivity index (χ2n) is 3.06. The van der Waals surface area contributed by atoms with E-state index in [1.54, 1.807) is 7.11 Å². The first-order chi connectivity index (χ1) is 7.33. The highest BCUT2D eigenvalue weighted by atomic mass is 16.5. The van der Waals surface area contributed by atoms with Crippen molar-refractivity contribution in [3.63, 3.8) is 0 Å². The molecule has 0 unspecified atom stereocenters. The minimum Gasteiger partial charge on any atom is -0.380 e. The van der Waals surface area contributed by atoms with Crippen LogP contribution in [-0.2, 0) is 11.3 Å². The standard InChI is InChI=1S/C10H12N2O.C2H6/c1-8-3-4-9(7-13-2)10-5-6-11-12(8)10;1-2/h3-6H,7H2,1-2H3;1-2H3. The first-order valence-corrected chi connectivity index (χ1v) is 5.24. The summed E-state index contributed by atoms with van der Waals surface area (Å²) in [5.41, 5.74) is 3.44. The molecule has 82 valence electrons. The van der Waals surface area contributed by atoms with Gasteiger partial charge in [0.1, 0.15) is 0 Å². The van der Waals surface area contributed by atoms with Crippen molar-refractivity contribution in [2.24, 2.45) is 0 Å². The van der Waals surface area contributed by atoms with Gasteiger partial charge in [0.2, 0.25) is 0 Å². The molecule has 2 heterocycles. The van der Waals surface area contributed by atoms with Gasteiger partial charge in [0, 0.05) is 24.6 Å². The van der Waals surface area contributed by atoms with E-state index in [0.29, 0.717) is 6.61 Å². The molecular weight excluding hydrogens is 188 g/mol. The topological polar surface area (TPSA) is 26.5 Å². The van der Waals surface area contributed by atoms with Crippen molar-refractivity contribution >= 4 is 5.52 Å². The Balaban J connectivity index is 0.000000531. The van der Waals surface area contributed by atoms with Gasteiger partial charge in [-0.3, -0.25) is 0 Å². The summed E-state index contributed by atoms with van der Waals surface area (Å²) in [4.78, 5) is 0. The highest BCUT2D eigenvalue weighted by Gasteiger charge is 2.02. The van der Waals surface area contributed by atoms with Gasteiger partial charge in [-0.15, -0.1) is 0 Å². The fourth-order valence-electron chi connectivity index (χ4n) is 1.48. The lowest BCUT2D eigenvalue weighted by Gasteiger charge is -2.04. The lowest BCUT2D eigenvalue weighted by Crippen LogP contribution is -1.97. The van der Waals surface area contributed by atoms with Crippen LogP contribution in [0.1, 0.15) is 25.1 Å². The zero-order valence-corrected chi connectivity index (χ0v) is 9.82. The van der Waals surface area contributed by atoms with Gasteiger partial charge < -0.3 is 4.74 Å². The van der Waals surface area contributed by atoms with Gasteiger partial charge in [-0.1, -0.05) is 19.9 Å². The summed E-state index contributed by atoms with van der Waals surface area (Å²) in [7, 11) is 1.70. The molecule has 0 aliphatic heterocycles. The number of hydrogen-bond donors (Lipinski definition) is 0. The summed E-state index contributed by atoms with van der Waals surface area (Å²) in [6.07, 6.45) is 1.81. The van der Waals surface area contributed by atoms with Crippen LogP contribution in [-0.4, -0.2) is 16.7 Å². The van der Waals surface area contributed by atoms with E-state index in [0.717, 1.165) is 11.2 Å². The highest BCUT2D eigenvalue weighted by molar-refractivity contribution is 5.54. The molecule has 2 aromatic heterocycles. The molecule has 0 radical (unpaired) electrons. The van der Waals surface area contributed by atoms with Gasteiger partial charge in [0.15, 0.2) is 0 Å². The Morgan fingerprint density at radius 2 is 2.00 bits per heavy atom. The average molecular weight is 206 g/mol. The molecule has 0 aromatic carbocycles. The Morgan fingerprint density at radius 3 is 2.67 bits per heavy atom. The number of aryl methyl sites for hydroxylation is 1. The largest absolute Gasteiger partial charge is 0.380 e.